The number of rotatable bonds is 2. The number of fused-ring (bicyclic) bond motifs is 1. The largest absolute Gasteiger partial charge is 0.401 e. The van der Waals surface area contributed by atoms with Gasteiger partial charge in [-0.3, -0.25) is 0 Å². The topological polar surface area (TPSA) is 97.6 Å². The molecule has 9 heteroatoms. The van der Waals surface area contributed by atoms with Crippen LogP contribution in [0.4, 0.5) is 0 Å². The van der Waals surface area contributed by atoms with Gasteiger partial charge in [0.05, 0.1) is 15.9 Å². The molecule has 4 rings (SSSR count). The van der Waals surface area contributed by atoms with Gasteiger partial charge in [-0.05, 0) is 36.8 Å². The maximum Gasteiger partial charge on any atom is 0.347 e. The Morgan fingerprint density at radius 2 is 2.07 bits per heavy atom. The SMILES string of the molecule is Cc1cc(Cl)cc2c(=O)oc(-c3cc(C#N)nn3-c3ncccc3Cl)nc12. The van der Waals surface area contributed by atoms with Crippen LogP contribution in [0, 0.1) is 18.3 Å². The van der Waals surface area contributed by atoms with Gasteiger partial charge in [-0.2, -0.15) is 10.4 Å². The Kier molecular flexibility index (Phi) is 4.15. The summed E-state index contributed by atoms with van der Waals surface area (Å²) >= 11 is 12.2. The van der Waals surface area contributed by atoms with Crippen molar-refractivity contribution in [3.05, 3.63) is 68.3 Å². The molecule has 3 heterocycles. The fraction of sp³-hybridized carbons (Fsp3) is 0.0556. The summed E-state index contributed by atoms with van der Waals surface area (Å²) in [7, 11) is 0. The molecule has 0 amide bonds. The molecule has 7 nitrogen and oxygen atoms in total. The molecule has 27 heavy (non-hydrogen) atoms. The van der Waals surface area contributed by atoms with Crippen molar-refractivity contribution in [1.82, 2.24) is 19.7 Å². The summed E-state index contributed by atoms with van der Waals surface area (Å²) in [6.07, 6.45) is 1.54. The van der Waals surface area contributed by atoms with Crippen LogP contribution in [-0.4, -0.2) is 19.7 Å². The van der Waals surface area contributed by atoms with Gasteiger partial charge in [0.2, 0.25) is 5.89 Å². The van der Waals surface area contributed by atoms with E-state index in [2.05, 4.69) is 15.1 Å². The number of aryl methyl sites for hydroxylation is 1. The van der Waals surface area contributed by atoms with Gasteiger partial charge in [0, 0.05) is 17.3 Å². The van der Waals surface area contributed by atoms with E-state index in [1.54, 1.807) is 25.1 Å². The second-order valence-electron chi connectivity index (χ2n) is 5.67. The highest BCUT2D eigenvalue weighted by atomic mass is 35.5. The predicted octanol–water partition coefficient (Wildman–Crippen LogP) is 3.92. The molecular weight excluding hydrogens is 389 g/mol. The Labute approximate surface area is 162 Å². The number of hydrogen-bond acceptors (Lipinski definition) is 6. The van der Waals surface area contributed by atoms with Crippen LogP contribution in [0.1, 0.15) is 11.3 Å². The molecule has 0 saturated carbocycles. The van der Waals surface area contributed by atoms with Crippen LogP contribution in [0.5, 0.6) is 0 Å². The number of aromatic nitrogens is 4. The zero-order chi connectivity index (χ0) is 19.1. The van der Waals surface area contributed by atoms with Crippen LogP contribution in [-0.2, 0) is 0 Å². The summed E-state index contributed by atoms with van der Waals surface area (Å²) in [5.74, 6) is 0.279. The summed E-state index contributed by atoms with van der Waals surface area (Å²) in [5, 5.41) is 14.4. The molecule has 0 unspecified atom stereocenters. The average molecular weight is 398 g/mol. The molecule has 0 atom stereocenters. The first-order valence-electron chi connectivity index (χ1n) is 7.70. The van der Waals surface area contributed by atoms with E-state index >= 15 is 0 Å². The van der Waals surface area contributed by atoms with Crippen LogP contribution in [0.2, 0.25) is 10.0 Å². The van der Waals surface area contributed by atoms with Crippen LogP contribution < -0.4 is 5.63 Å². The van der Waals surface area contributed by atoms with Crippen molar-refractivity contribution in [2.24, 2.45) is 0 Å². The Morgan fingerprint density at radius 3 is 2.81 bits per heavy atom. The van der Waals surface area contributed by atoms with Crippen LogP contribution in [0.15, 0.2) is 45.7 Å². The first kappa shape index (κ1) is 17.2. The fourth-order valence-electron chi connectivity index (χ4n) is 2.70. The third-order valence-corrected chi connectivity index (χ3v) is 4.38. The van der Waals surface area contributed by atoms with Gasteiger partial charge in [0.1, 0.15) is 11.8 Å². The van der Waals surface area contributed by atoms with Gasteiger partial charge in [-0.25, -0.2) is 19.4 Å². The van der Waals surface area contributed by atoms with E-state index in [4.69, 9.17) is 27.6 Å². The Balaban J connectivity index is 2.03. The third kappa shape index (κ3) is 2.95. The monoisotopic (exact) mass is 397 g/mol. The van der Waals surface area contributed by atoms with Crippen molar-refractivity contribution >= 4 is 34.1 Å². The highest BCUT2D eigenvalue weighted by Gasteiger charge is 2.20. The van der Waals surface area contributed by atoms with Gasteiger partial charge in [0.15, 0.2) is 11.5 Å². The average Bonchev–Trinajstić information content (AvgIpc) is 3.07. The molecule has 0 aliphatic heterocycles. The van der Waals surface area contributed by atoms with Crippen molar-refractivity contribution in [1.29, 1.82) is 5.26 Å². The molecule has 132 valence electrons. The molecule has 0 aliphatic carbocycles. The van der Waals surface area contributed by atoms with E-state index < -0.39 is 5.63 Å². The second-order valence-corrected chi connectivity index (χ2v) is 6.52. The van der Waals surface area contributed by atoms with Crippen LogP contribution in [0.25, 0.3) is 28.3 Å². The number of nitriles is 1. The van der Waals surface area contributed by atoms with Gasteiger partial charge in [0.25, 0.3) is 0 Å². The molecule has 1 aromatic carbocycles. The van der Waals surface area contributed by atoms with E-state index in [9.17, 15) is 10.1 Å². The quantitative estimate of drug-likeness (QED) is 0.508. The summed E-state index contributed by atoms with van der Waals surface area (Å²) in [4.78, 5) is 21.1. The number of halogens is 2. The van der Waals surface area contributed by atoms with E-state index in [1.807, 2.05) is 6.07 Å². The molecule has 3 aromatic heterocycles. The maximum atomic E-state index is 12.5. The Hall–Kier alpha value is -3.21. The molecule has 0 radical (unpaired) electrons. The standard InChI is InChI=1S/C18H9Cl2N5O2/c1-9-5-10(19)6-12-15(9)23-17(27-18(12)26)14-7-11(8-21)24-25(14)16-13(20)3-2-4-22-16/h2-7H,1H3. The zero-order valence-electron chi connectivity index (χ0n) is 13.8. The number of benzene rings is 1. The minimum atomic E-state index is -0.598. The van der Waals surface area contributed by atoms with E-state index in [-0.39, 0.29) is 28.5 Å². The first-order chi connectivity index (χ1) is 13.0. The molecule has 0 fully saturated rings. The maximum absolute atomic E-state index is 12.5. The van der Waals surface area contributed by atoms with Crippen molar-refractivity contribution in [2.45, 2.75) is 6.92 Å². The molecular formula is C18H9Cl2N5O2. The van der Waals surface area contributed by atoms with Crippen LogP contribution in [0.3, 0.4) is 0 Å². The van der Waals surface area contributed by atoms with Crippen molar-refractivity contribution in [3.8, 4) is 23.5 Å². The zero-order valence-corrected chi connectivity index (χ0v) is 15.3. The third-order valence-electron chi connectivity index (χ3n) is 3.87. The summed E-state index contributed by atoms with van der Waals surface area (Å²) < 4.78 is 6.70. The molecule has 4 aromatic rings. The normalized spacial score (nSPS) is 10.9. The lowest BCUT2D eigenvalue weighted by Crippen LogP contribution is -2.08. The molecule has 0 aliphatic rings. The van der Waals surface area contributed by atoms with E-state index in [1.165, 1.54) is 23.0 Å². The van der Waals surface area contributed by atoms with Gasteiger partial charge < -0.3 is 4.42 Å². The second kappa shape index (κ2) is 6.50. The molecule has 0 saturated heterocycles. The van der Waals surface area contributed by atoms with Crippen molar-refractivity contribution in [2.75, 3.05) is 0 Å². The van der Waals surface area contributed by atoms with Crippen LogP contribution >= 0.6 is 23.2 Å². The Bertz CT molecular complexity index is 1300. The minimum Gasteiger partial charge on any atom is -0.401 e. The molecule has 0 spiro atoms. The Morgan fingerprint density at radius 1 is 1.26 bits per heavy atom. The molecule has 0 N–H and O–H groups in total. The number of pyridine rings is 1. The smallest absolute Gasteiger partial charge is 0.347 e. The summed E-state index contributed by atoms with van der Waals surface area (Å²) in [5.41, 5.74) is 0.946. The van der Waals surface area contributed by atoms with E-state index in [0.29, 0.717) is 21.1 Å². The number of hydrogen-bond donors (Lipinski definition) is 0. The van der Waals surface area contributed by atoms with Gasteiger partial charge >= 0.3 is 5.63 Å². The lowest BCUT2D eigenvalue weighted by Gasteiger charge is -2.08. The van der Waals surface area contributed by atoms with Gasteiger partial charge in [-0.15, -0.1) is 0 Å². The number of nitrogens with zero attached hydrogens (tertiary/aromatic N) is 5. The minimum absolute atomic E-state index is 0.00589. The van der Waals surface area contributed by atoms with Crippen molar-refractivity contribution < 1.29 is 4.42 Å². The summed E-state index contributed by atoms with van der Waals surface area (Å²) in [6, 6.07) is 9.91. The lowest BCUT2D eigenvalue weighted by atomic mass is 10.1. The lowest BCUT2D eigenvalue weighted by molar-refractivity contribution is 0.513. The summed E-state index contributed by atoms with van der Waals surface area (Å²) in [6.45, 7) is 1.79. The fourth-order valence-corrected chi connectivity index (χ4v) is 3.17. The van der Waals surface area contributed by atoms with Crippen molar-refractivity contribution in [3.63, 3.8) is 0 Å². The van der Waals surface area contributed by atoms with Gasteiger partial charge in [-0.1, -0.05) is 23.2 Å². The highest BCUT2D eigenvalue weighted by Crippen LogP contribution is 2.27. The first-order valence-corrected chi connectivity index (χ1v) is 8.46. The van der Waals surface area contributed by atoms with E-state index in [0.717, 1.165) is 0 Å². The highest BCUT2D eigenvalue weighted by molar-refractivity contribution is 6.32. The predicted molar refractivity (Wildman–Crippen MR) is 100 cm³/mol. The molecule has 0 bridgehead atoms.